The van der Waals surface area contributed by atoms with E-state index in [9.17, 15) is 14.7 Å². The third-order valence-electron chi connectivity index (χ3n) is 6.63. The zero-order valence-corrected chi connectivity index (χ0v) is 22.1. The van der Waals surface area contributed by atoms with Gasteiger partial charge in [0.1, 0.15) is 18.0 Å². The number of nitrogens with zero attached hydrogens (tertiary/aromatic N) is 1. The average molecular weight is 530 g/mol. The molecule has 0 aliphatic rings. The van der Waals surface area contributed by atoms with Crippen LogP contribution < -0.4 is 9.47 Å². The topological polar surface area (TPSA) is 98.0 Å². The van der Waals surface area contributed by atoms with Crippen LogP contribution in [0.1, 0.15) is 42.4 Å². The molecular weight excluding hydrogens is 494 g/mol. The summed E-state index contributed by atoms with van der Waals surface area (Å²) in [5.41, 5.74) is 4.16. The maximum Gasteiger partial charge on any atom is 0.323 e. The van der Waals surface area contributed by atoms with Gasteiger partial charge in [0.15, 0.2) is 0 Å². The molecule has 0 spiro atoms. The van der Waals surface area contributed by atoms with Crippen LogP contribution in [0.3, 0.4) is 0 Å². The molecule has 0 radical (unpaired) electrons. The van der Waals surface area contributed by atoms with Crippen molar-refractivity contribution in [1.29, 1.82) is 0 Å². The van der Waals surface area contributed by atoms with Gasteiger partial charge < -0.3 is 24.3 Å². The first-order valence-corrected chi connectivity index (χ1v) is 13.4. The van der Waals surface area contributed by atoms with E-state index in [1.54, 1.807) is 4.57 Å². The van der Waals surface area contributed by atoms with E-state index < -0.39 is 11.9 Å². The molecule has 3 aromatic carbocycles. The third-order valence-corrected chi connectivity index (χ3v) is 6.63. The second-order valence-corrected chi connectivity index (χ2v) is 9.60. The summed E-state index contributed by atoms with van der Waals surface area (Å²) in [6.07, 6.45) is 6.47. The number of rotatable bonds is 16. The third kappa shape index (κ3) is 8.37. The summed E-state index contributed by atoms with van der Waals surface area (Å²) in [6, 6.07) is 23.9. The first kappa shape index (κ1) is 27.8. The Morgan fingerprint density at radius 3 is 2.03 bits per heavy atom. The molecule has 0 fully saturated rings. The Labute approximate surface area is 228 Å². The molecule has 0 amide bonds. The number of aromatic nitrogens is 1. The summed E-state index contributed by atoms with van der Waals surface area (Å²) in [7, 11) is 0. The number of fused-ring (bicyclic) bond motifs is 1. The van der Waals surface area contributed by atoms with Crippen LogP contribution in [0.5, 0.6) is 11.5 Å². The van der Waals surface area contributed by atoms with E-state index in [1.165, 1.54) is 5.56 Å². The van der Waals surface area contributed by atoms with Crippen molar-refractivity contribution in [3.63, 3.8) is 0 Å². The zero-order chi connectivity index (χ0) is 27.5. The highest BCUT2D eigenvalue weighted by molar-refractivity contribution is 5.88. The molecule has 0 aliphatic heterocycles. The predicted octanol–water partition coefficient (Wildman–Crippen LogP) is 6.16. The van der Waals surface area contributed by atoms with Crippen LogP contribution in [0.2, 0.25) is 0 Å². The minimum atomic E-state index is -0.905. The van der Waals surface area contributed by atoms with Gasteiger partial charge >= 0.3 is 11.9 Å². The van der Waals surface area contributed by atoms with Crippen LogP contribution in [-0.2, 0) is 35.4 Å². The number of carboxylic acids is 2. The zero-order valence-electron chi connectivity index (χ0n) is 22.1. The quantitative estimate of drug-likeness (QED) is 0.169. The number of para-hydroxylation sites is 2. The van der Waals surface area contributed by atoms with E-state index >= 15 is 0 Å². The van der Waals surface area contributed by atoms with Gasteiger partial charge in [0, 0.05) is 18.0 Å². The van der Waals surface area contributed by atoms with Crippen LogP contribution in [0.4, 0.5) is 0 Å². The van der Waals surface area contributed by atoms with E-state index in [1.807, 2.05) is 66.9 Å². The van der Waals surface area contributed by atoms with Crippen molar-refractivity contribution in [3.05, 3.63) is 95.7 Å². The van der Waals surface area contributed by atoms with Crippen molar-refractivity contribution in [2.75, 3.05) is 13.2 Å². The monoisotopic (exact) mass is 529 g/mol. The lowest BCUT2D eigenvalue weighted by molar-refractivity contribution is -0.138. The predicted molar refractivity (Wildman–Crippen MR) is 151 cm³/mol. The number of ether oxygens (including phenoxy) is 2. The van der Waals surface area contributed by atoms with Crippen LogP contribution in [0.25, 0.3) is 10.9 Å². The normalized spacial score (nSPS) is 11.0. The van der Waals surface area contributed by atoms with Crippen molar-refractivity contribution in [3.8, 4) is 11.5 Å². The summed E-state index contributed by atoms with van der Waals surface area (Å²) in [5, 5.41) is 19.4. The Morgan fingerprint density at radius 2 is 1.36 bits per heavy atom. The molecule has 1 aromatic heterocycles. The Kier molecular flexibility index (Phi) is 10.0. The molecule has 0 bridgehead atoms. The lowest BCUT2D eigenvalue weighted by Gasteiger charge is -2.10. The molecule has 1 heterocycles. The number of hydrogen-bond donors (Lipinski definition) is 2. The summed E-state index contributed by atoms with van der Waals surface area (Å²) < 4.78 is 13.4. The molecular formula is C32H35NO6. The van der Waals surface area contributed by atoms with E-state index in [0.29, 0.717) is 26.1 Å². The summed E-state index contributed by atoms with van der Waals surface area (Å²) in [5.74, 6) is -0.00409. The van der Waals surface area contributed by atoms with Gasteiger partial charge in [0.2, 0.25) is 0 Å². The van der Waals surface area contributed by atoms with Crippen molar-refractivity contribution < 1.29 is 29.3 Å². The molecule has 39 heavy (non-hydrogen) atoms. The summed E-state index contributed by atoms with van der Waals surface area (Å²) in [6.45, 7) is 1.17. The molecule has 0 atom stereocenters. The minimum Gasteiger partial charge on any atom is -0.494 e. The van der Waals surface area contributed by atoms with Crippen LogP contribution in [-0.4, -0.2) is 39.9 Å². The van der Waals surface area contributed by atoms with Gasteiger partial charge in [-0.15, -0.1) is 0 Å². The number of carboxylic acid groups (broad SMARTS) is 2. The molecule has 0 unspecified atom stereocenters. The van der Waals surface area contributed by atoms with Gasteiger partial charge in [0.05, 0.1) is 18.7 Å². The lowest BCUT2D eigenvalue weighted by Crippen LogP contribution is -2.08. The maximum atomic E-state index is 11.5. The molecule has 7 heteroatoms. The Balaban J connectivity index is 1.30. The number of unbranched alkanes of at least 4 members (excludes halogenated alkanes) is 1. The van der Waals surface area contributed by atoms with E-state index in [0.717, 1.165) is 59.2 Å². The number of carbonyl (C=O) groups is 2. The highest BCUT2D eigenvalue weighted by Gasteiger charge is 2.14. The number of hydrogen-bond acceptors (Lipinski definition) is 4. The number of aryl methyl sites for hydroxylation is 3. The molecule has 0 saturated carbocycles. The Morgan fingerprint density at radius 1 is 0.667 bits per heavy atom. The molecule has 2 N–H and O–H groups in total. The van der Waals surface area contributed by atoms with Gasteiger partial charge in [-0.05, 0) is 79.5 Å². The number of aliphatic carboxylic acids is 2. The molecule has 204 valence electrons. The van der Waals surface area contributed by atoms with Gasteiger partial charge in [-0.2, -0.15) is 0 Å². The minimum absolute atomic E-state index is 0.0910. The number of benzene rings is 3. The first-order chi connectivity index (χ1) is 19.0. The molecule has 0 saturated heterocycles. The fourth-order valence-corrected chi connectivity index (χ4v) is 4.75. The van der Waals surface area contributed by atoms with E-state index in [4.69, 9.17) is 14.6 Å². The largest absolute Gasteiger partial charge is 0.494 e. The van der Waals surface area contributed by atoms with Crippen molar-refractivity contribution in [1.82, 2.24) is 4.57 Å². The van der Waals surface area contributed by atoms with Crippen molar-refractivity contribution in [2.24, 2.45) is 0 Å². The Hall–Kier alpha value is -4.26. The standard InChI is InChI=1S/C32H35NO6/c34-30(35)13-7-9-26-22-33(23-31(36)37)32-25(8-6-12-29(26)32)17-14-24-15-18-28(19-16-24)39-21-5-4-20-38-27-10-2-1-3-11-27/h1-3,6,8,10-12,15-16,18-19,22H,4-5,7,9,13-14,17,20-21,23H2,(H,34,35)(H,36,37). The molecule has 4 rings (SSSR count). The molecule has 7 nitrogen and oxygen atoms in total. The highest BCUT2D eigenvalue weighted by Crippen LogP contribution is 2.28. The van der Waals surface area contributed by atoms with Gasteiger partial charge in [-0.1, -0.05) is 48.5 Å². The second-order valence-electron chi connectivity index (χ2n) is 9.60. The molecule has 4 aromatic rings. The Bertz CT molecular complexity index is 1360. The van der Waals surface area contributed by atoms with E-state index in [-0.39, 0.29) is 13.0 Å². The van der Waals surface area contributed by atoms with Crippen molar-refractivity contribution in [2.45, 2.75) is 51.5 Å². The smallest absolute Gasteiger partial charge is 0.323 e. The maximum absolute atomic E-state index is 11.5. The van der Waals surface area contributed by atoms with E-state index in [2.05, 4.69) is 12.1 Å². The van der Waals surface area contributed by atoms with Gasteiger partial charge in [0.25, 0.3) is 0 Å². The van der Waals surface area contributed by atoms with Crippen LogP contribution in [0.15, 0.2) is 79.0 Å². The highest BCUT2D eigenvalue weighted by atomic mass is 16.5. The summed E-state index contributed by atoms with van der Waals surface area (Å²) in [4.78, 5) is 22.5. The fourth-order valence-electron chi connectivity index (χ4n) is 4.75. The lowest BCUT2D eigenvalue weighted by atomic mass is 10.00. The SMILES string of the molecule is O=C(O)CCCc1cn(CC(=O)O)c2c(CCc3ccc(OCCCCOc4ccccc4)cc3)cccc12. The molecule has 0 aliphatic carbocycles. The summed E-state index contributed by atoms with van der Waals surface area (Å²) >= 11 is 0. The fraction of sp³-hybridized carbons (Fsp3) is 0.312. The second kappa shape index (κ2) is 14.0. The van der Waals surface area contributed by atoms with Crippen LogP contribution in [0, 0.1) is 0 Å². The van der Waals surface area contributed by atoms with Crippen molar-refractivity contribution >= 4 is 22.8 Å². The van der Waals surface area contributed by atoms with Crippen LogP contribution >= 0.6 is 0 Å². The van der Waals surface area contributed by atoms with Gasteiger partial charge in [-0.3, -0.25) is 9.59 Å². The van der Waals surface area contributed by atoms with Gasteiger partial charge in [-0.25, -0.2) is 0 Å². The first-order valence-electron chi connectivity index (χ1n) is 13.4. The average Bonchev–Trinajstić information content (AvgIpc) is 3.27.